The van der Waals surface area contributed by atoms with Gasteiger partial charge < -0.3 is 29.7 Å². The first-order valence-electron chi connectivity index (χ1n) is 17.1. The molecule has 5 rings (SSSR count). The quantitative estimate of drug-likeness (QED) is 0.215. The lowest BCUT2D eigenvalue weighted by Crippen LogP contribution is -2.56. The summed E-state index contributed by atoms with van der Waals surface area (Å²) in [5.41, 5.74) is -0.537. The van der Waals surface area contributed by atoms with Gasteiger partial charge in [0.2, 0.25) is 17.7 Å². The number of hydrogen-bond donors (Lipinski definition) is 2. The summed E-state index contributed by atoms with van der Waals surface area (Å²) in [6.45, 7) is 5.28. The maximum absolute atomic E-state index is 14.6. The van der Waals surface area contributed by atoms with Gasteiger partial charge in [0, 0.05) is 32.7 Å². The molecule has 0 radical (unpaired) electrons. The van der Waals surface area contributed by atoms with E-state index in [2.05, 4.69) is 12.2 Å². The lowest BCUT2D eigenvalue weighted by Gasteiger charge is -2.36. The fourth-order valence-electron chi connectivity index (χ4n) is 7.46. The molecule has 0 unspecified atom stereocenters. The molecule has 2 fully saturated rings. The number of aliphatic hydroxyl groups excluding tert-OH is 1. The molecule has 0 aromatic heterocycles. The van der Waals surface area contributed by atoms with Gasteiger partial charge in [-0.15, -0.1) is 0 Å². The van der Waals surface area contributed by atoms with Crippen LogP contribution in [0.1, 0.15) is 83.3 Å². The molecule has 1 spiro atoms. The van der Waals surface area contributed by atoms with Crippen molar-refractivity contribution in [2.24, 2.45) is 11.8 Å². The van der Waals surface area contributed by atoms with Crippen LogP contribution < -0.4 is 5.32 Å². The number of esters is 1. The SMILES string of the molecule is CCCCCN1C/C=C\CCC(=O)N[C@H](C)[C@@H](c2ccccc2)OC(=O)[C@@H]2[C@@H]3C=C[C@]4(O3)[C@H](C1=O)N(CCCCCCO)C(=O)[C@@H]24. The maximum atomic E-state index is 14.6. The van der Waals surface area contributed by atoms with E-state index in [1.54, 1.807) is 15.9 Å². The summed E-state index contributed by atoms with van der Waals surface area (Å²) in [6, 6.07) is 7.85. The number of unbranched alkanes of at least 4 members (excludes halogenated alkanes) is 5. The van der Waals surface area contributed by atoms with E-state index in [1.807, 2.05) is 55.5 Å². The van der Waals surface area contributed by atoms with Crippen molar-refractivity contribution in [3.63, 3.8) is 0 Å². The van der Waals surface area contributed by atoms with Crippen molar-refractivity contribution in [1.29, 1.82) is 0 Å². The number of aliphatic hydroxyl groups is 1. The van der Waals surface area contributed by atoms with Gasteiger partial charge in [-0.25, -0.2) is 0 Å². The van der Waals surface area contributed by atoms with Gasteiger partial charge in [-0.2, -0.15) is 0 Å². The van der Waals surface area contributed by atoms with E-state index in [0.717, 1.165) is 37.7 Å². The van der Waals surface area contributed by atoms with E-state index in [0.29, 0.717) is 38.9 Å². The third kappa shape index (κ3) is 6.93. The van der Waals surface area contributed by atoms with Crippen molar-refractivity contribution in [2.45, 2.75) is 102 Å². The minimum atomic E-state index is -1.27. The van der Waals surface area contributed by atoms with Crippen LogP contribution in [0.3, 0.4) is 0 Å². The fraction of sp³-hybridized carbons (Fsp3) is 0.611. The summed E-state index contributed by atoms with van der Waals surface area (Å²) in [5.74, 6) is -3.02. The molecular weight excluding hydrogens is 586 g/mol. The van der Waals surface area contributed by atoms with Crippen molar-refractivity contribution in [3.05, 3.63) is 60.2 Å². The molecule has 4 heterocycles. The number of amides is 3. The second-order valence-electron chi connectivity index (χ2n) is 13.0. The molecule has 10 nitrogen and oxygen atoms in total. The number of ether oxygens (including phenoxy) is 2. The molecule has 3 amide bonds. The molecule has 1 aromatic rings. The van der Waals surface area contributed by atoms with Gasteiger partial charge in [-0.05, 0) is 38.2 Å². The zero-order valence-electron chi connectivity index (χ0n) is 27.1. The third-order valence-electron chi connectivity index (χ3n) is 9.77. The molecule has 7 atom stereocenters. The van der Waals surface area contributed by atoms with Crippen LogP contribution in [0.25, 0.3) is 0 Å². The summed E-state index contributed by atoms with van der Waals surface area (Å²) < 4.78 is 12.8. The Labute approximate surface area is 272 Å². The Balaban J connectivity index is 1.52. The van der Waals surface area contributed by atoms with Crippen LogP contribution in [0.5, 0.6) is 0 Å². The molecule has 4 aliphatic rings. The lowest BCUT2D eigenvalue weighted by atomic mass is 9.74. The molecule has 0 saturated carbocycles. The minimum absolute atomic E-state index is 0.116. The molecule has 1 aromatic carbocycles. The van der Waals surface area contributed by atoms with Crippen LogP contribution in [0.15, 0.2) is 54.6 Å². The minimum Gasteiger partial charge on any atom is -0.455 e. The van der Waals surface area contributed by atoms with E-state index in [1.165, 1.54) is 0 Å². The molecular formula is C36H49N3O7. The Hall–Kier alpha value is -3.50. The van der Waals surface area contributed by atoms with E-state index >= 15 is 0 Å². The first kappa shape index (κ1) is 33.9. The standard InChI is InChI=1S/C36H49N3O7/c1-3-4-12-21-38-22-13-8-11-18-28(41)37-25(2)31(26-16-9-7-10-17-26)45-35(44)29-27-19-20-36(46-27)30(29)33(42)39(32(36)34(38)43)23-14-5-6-15-24-40/h7-10,13,16-17,19-20,25,27,29-32,40H,3-6,11-12,14-15,18,21-24H2,1-2H3,(H,37,41)/b13-8-/t25-,27+,29-,30-,31+,32+,36-/m1/s1. The Kier molecular flexibility index (Phi) is 11.3. The number of carbonyl (C=O) groups is 4. The van der Waals surface area contributed by atoms with Gasteiger partial charge in [0.05, 0.1) is 18.1 Å². The average Bonchev–Trinajstić information content (AvgIpc) is 3.69. The highest BCUT2D eigenvalue weighted by atomic mass is 16.6. The molecule has 5 bridgehead atoms. The Bertz CT molecular complexity index is 1300. The van der Waals surface area contributed by atoms with Gasteiger partial charge >= 0.3 is 5.97 Å². The number of likely N-dealkylation sites (tertiary alicyclic amines) is 1. The van der Waals surface area contributed by atoms with Gasteiger partial charge in [-0.1, -0.05) is 87.2 Å². The highest BCUT2D eigenvalue weighted by molar-refractivity contribution is 5.99. The Morgan fingerprint density at radius 1 is 0.957 bits per heavy atom. The predicted molar refractivity (Wildman–Crippen MR) is 172 cm³/mol. The summed E-state index contributed by atoms with van der Waals surface area (Å²) >= 11 is 0. The van der Waals surface area contributed by atoms with Crippen molar-refractivity contribution in [2.75, 3.05) is 26.2 Å². The number of nitrogens with one attached hydrogen (secondary N) is 1. The lowest BCUT2D eigenvalue weighted by molar-refractivity contribution is -0.161. The second-order valence-corrected chi connectivity index (χ2v) is 13.0. The van der Waals surface area contributed by atoms with Crippen LogP contribution >= 0.6 is 0 Å². The Morgan fingerprint density at radius 3 is 2.48 bits per heavy atom. The normalized spacial score (nSPS) is 32.1. The third-order valence-corrected chi connectivity index (χ3v) is 9.77. The largest absolute Gasteiger partial charge is 0.455 e. The van der Waals surface area contributed by atoms with Crippen LogP contribution in [-0.2, 0) is 28.7 Å². The highest BCUT2D eigenvalue weighted by Crippen LogP contribution is 2.56. The first-order chi connectivity index (χ1) is 22.3. The number of hydrogen-bond acceptors (Lipinski definition) is 7. The van der Waals surface area contributed by atoms with Crippen LogP contribution in [0.4, 0.5) is 0 Å². The molecule has 2 saturated heterocycles. The number of benzene rings is 1. The topological polar surface area (TPSA) is 125 Å². The molecule has 10 heteroatoms. The molecule has 4 aliphatic heterocycles. The predicted octanol–water partition coefficient (Wildman–Crippen LogP) is 3.85. The summed E-state index contributed by atoms with van der Waals surface area (Å²) in [7, 11) is 0. The monoisotopic (exact) mass is 635 g/mol. The Morgan fingerprint density at radius 2 is 1.72 bits per heavy atom. The number of cyclic esters (lactones) is 1. The van der Waals surface area contributed by atoms with Gasteiger partial charge in [0.15, 0.2) is 0 Å². The van der Waals surface area contributed by atoms with Gasteiger partial charge in [0.25, 0.3) is 0 Å². The summed E-state index contributed by atoms with van der Waals surface area (Å²) in [5, 5.41) is 12.2. The summed E-state index contributed by atoms with van der Waals surface area (Å²) in [6.07, 6.45) is 12.5. The zero-order chi connectivity index (χ0) is 32.7. The van der Waals surface area contributed by atoms with Crippen LogP contribution in [0, 0.1) is 11.8 Å². The van der Waals surface area contributed by atoms with Crippen molar-refractivity contribution in [3.8, 4) is 0 Å². The fourth-order valence-corrected chi connectivity index (χ4v) is 7.46. The highest BCUT2D eigenvalue weighted by Gasteiger charge is 2.73. The second kappa shape index (κ2) is 15.4. The first-order valence-corrected chi connectivity index (χ1v) is 17.1. The van der Waals surface area contributed by atoms with E-state index in [-0.39, 0.29) is 30.7 Å². The van der Waals surface area contributed by atoms with Crippen LogP contribution in [0.2, 0.25) is 0 Å². The number of carbonyl (C=O) groups excluding carboxylic acids is 4. The number of rotatable bonds is 11. The van der Waals surface area contributed by atoms with E-state index in [9.17, 15) is 24.3 Å². The van der Waals surface area contributed by atoms with Crippen LogP contribution in [-0.4, -0.2) is 88.6 Å². The van der Waals surface area contributed by atoms with Crippen molar-refractivity contribution in [1.82, 2.24) is 15.1 Å². The van der Waals surface area contributed by atoms with Gasteiger partial charge in [-0.3, -0.25) is 19.2 Å². The summed E-state index contributed by atoms with van der Waals surface area (Å²) in [4.78, 5) is 59.5. The van der Waals surface area contributed by atoms with E-state index < -0.39 is 47.7 Å². The van der Waals surface area contributed by atoms with Gasteiger partial charge in [0.1, 0.15) is 23.7 Å². The molecule has 0 aliphatic carbocycles. The maximum Gasteiger partial charge on any atom is 0.313 e. The van der Waals surface area contributed by atoms with Crippen molar-refractivity contribution >= 4 is 23.7 Å². The average molecular weight is 636 g/mol. The molecule has 250 valence electrons. The number of fused-ring (bicyclic) bond motifs is 2. The molecule has 2 N–H and O–H groups in total. The smallest absolute Gasteiger partial charge is 0.313 e. The zero-order valence-corrected chi connectivity index (χ0v) is 27.1. The number of allylic oxidation sites excluding steroid dienone is 1. The van der Waals surface area contributed by atoms with E-state index in [4.69, 9.17) is 9.47 Å². The number of nitrogens with zero attached hydrogens (tertiary/aromatic N) is 2. The van der Waals surface area contributed by atoms with Crippen molar-refractivity contribution < 1.29 is 33.8 Å². The molecule has 46 heavy (non-hydrogen) atoms.